The molecule has 13 heteroatoms. The van der Waals surface area contributed by atoms with Crippen LogP contribution in [0.5, 0.6) is 0 Å². The van der Waals surface area contributed by atoms with Gasteiger partial charge in [-0.2, -0.15) is 0 Å². The van der Waals surface area contributed by atoms with Crippen molar-refractivity contribution in [2.45, 2.75) is 12.3 Å². The fourth-order valence-electron chi connectivity index (χ4n) is 2.20. The predicted octanol–water partition coefficient (Wildman–Crippen LogP) is 4.20. The van der Waals surface area contributed by atoms with E-state index in [1.54, 1.807) is 13.0 Å². The number of halogens is 3. The van der Waals surface area contributed by atoms with E-state index in [9.17, 15) is 19.2 Å². The first-order valence-corrected chi connectivity index (χ1v) is 13.6. The first-order valence-electron chi connectivity index (χ1n) is 8.73. The Morgan fingerprint density at radius 1 is 0.727 bits per heavy atom. The van der Waals surface area contributed by atoms with Crippen LogP contribution in [0.25, 0.3) is 0 Å². The number of aryl methyl sites for hydroxylation is 1. The van der Waals surface area contributed by atoms with E-state index in [-0.39, 0.29) is 22.5 Å². The van der Waals surface area contributed by atoms with Gasteiger partial charge in [0.2, 0.25) is 0 Å². The molecule has 0 bridgehead atoms. The maximum absolute atomic E-state index is 11.4. The number of aromatic nitrogens is 2. The van der Waals surface area contributed by atoms with Gasteiger partial charge in [-0.15, -0.1) is 0 Å². The molecule has 0 aromatic carbocycles. The maximum atomic E-state index is 11.4. The van der Waals surface area contributed by atoms with Crippen molar-refractivity contribution in [1.82, 2.24) is 9.97 Å². The Hall–Kier alpha value is -2.38. The molecule has 0 spiro atoms. The van der Waals surface area contributed by atoms with Gasteiger partial charge in [-0.3, -0.25) is 0 Å². The smallest absolute Gasteiger partial charge is 0.357 e. The topological polar surface area (TPSA) is 131 Å². The Balaban J connectivity index is 0.000000578. The Bertz CT molecular complexity index is 986. The average molecular weight is 657 g/mol. The quantitative estimate of drug-likeness (QED) is 0.262. The van der Waals surface area contributed by atoms with Gasteiger partial charge in [0.25, 0.3) is 0 Å². The van der Waals surface area contributed by atoms with Gasteiger partial charge < -0.3 is 18.9 Å². The van der Waals surface area contributed by atoms with Crippen LogP contribution in [0, 0.1) is 6.92 Å². The molecule has 0 aliphatic rings. The minimum Gasteiger partial charge on any atom is -0.465 e. The van der Waals surface area contributed by atoms with Crippen molar-refractivity contribution in [3.8, 4) is 0 Å². The van der Waals surface area contributed by atoms with E-state index < -0.39 is 23.9 Å². The van der Waals surface area contributed by atoms with Crippen molar-refractivity contribution in [2.75, 3.05) is 28.4 Å². The van der Waals surface area contributed by atoms with Crippen LogP contribution in [0.1, 0.15) is 52.8 Å². The number of nitrogens with zero attached hydrogens (tertiary/aromatic N) is 2. The minimum absolute atomic E-state index is 0.0325. The van der Waals surface area contributed by atoms with E-state index >= 15 is 0 Å². The summed E-state index contributed by atoms with van der Waals surface area (Å²) in [6.45, 7) is 1.76. The lowest BCUT2D eigenvalue weighted by atomic mass is 10.1. The number of carbonyl (C=O) groups is 4. The molecule has 33 heavy (non-hydrogen) atoms. The van der Waals surface area contributed by atoms with Crippen LogP contribution >= 0.6 is 44.2 Å². The molecule has 2 aromatic rings. The van der Waals surface area contributed by atoms with Gasteiger partial charge in [0.15, 0.2) is 11.4 Å². The second-order valence-corrected chi connectivity index (χ2v) is 6.31. The molecule has 0 aliphatic carbocycles. The summed E-state index contributed by atoms with van der Waals surface area (Å²) >= 11 is 8.73. The third kappa shape index (κ3) is 9.18. The van der Waals surface area contributed by atoms with E-state index in [1.165, 1.54) is 46.9 Å². The second kappa shape index (κ2) is 16.3. The zero-order valence-electron chi connectivity index (χ0n) is 18.3. The number of rotatable bonds is 5. The largest absolute Gasteiger partial charge is 0.465 e. The molecule has 2 heterocycles. The molecular weight excluding hydrogens is 636 g/mol. The molecule has 0 saturated carbocycles. The monoisotopic (exact) mass is 654 g/mol. The number of alkyl halides is 1. The molecule has 0 amide bonds. The summed E-state index contributed by atoms with van der Waals surface area (Å²) in [5.74, 6) is -2.54. The molecule has 0 atom stereocenters. The summed E-state index contributed by atoms with van der Waals surface area (Å²) in [6, 6.07) is 3.07. The van der Waals surface area contributed by atoms with E-state index in [0.29, 0.717) is 5.33 Å². The molecule has 0 radical (unpaired) electrons. The molecule has 0 unspecified atom stereocenters. The molecule has 0 fully saturated rings. The van der Waals surface area contributed by atoms with E-state index in [2.05, 4.69) is 73.1 Å². The van der Waals surface area contributed by atoms with Crippen molar-refractivity contribution in [2.24, 2.45) is 0 Å². The first kappa shape index (κ1) is 30.6. The third-order valence-electron chi connectivity index (χ3n) is 3.69. The summed E-state index contributed by atoms with van der Waals surface area (Å²) in [5, 5.41) is 0.533. The molecule has 2 aromatic heterocycles. The highest BCUT2D eigenvalue weighted by Crippen LogP contribution is 2.14. The predicted molar refractivity (Wildman–Crippen MR) is 129 cm³/mol. The standard InChI is InChI=1S/C10H10BrNO4.C10H11NO4.Br2/c1-15-9(13)7-3-6(4-11)5-12-8(7)10(14)16-2;1-6-4-7(9(12)14-2)8(11-5-6)10(13)15-3;1-2/h3,5H,4H2,1-2H3;4-5H,1-3H3;. The van der Waals surface area contributed by atoms with Gasteiger partial charge in [0.1, 0.15) is 0 Å². The fourth-order valence-corrected chi connectivity index (χ4v) is 2.51. The van der Waals surface area contributed by atoms with Crippen molar-refractivity contribution in [3.05, 3.63) is 58.2 Å². The lowest BCUT2D eigenvalue weighted by Gasteiger charge is -2.06. The van der Waals surface area contributed by atoms with Crippen LogP contribution < -0.4 is 0 Å². The summed E-state index contributed by atoms with van der Waals surface area (Å²) in [6.07, 6.45) is 2.98. The highest BCUT2D eigenvalue weighted by atomic mass is 80.9. The number of carbonyl (C=O) groups excluding carboxylic acids is 4. The van der Waals surface area contributed by atoms with Crippen LogP contribution in [0.2, 0.25) is 0 Å². The van der Waals surface area contributed by atoms with Crippen molar-refractivity contribution < 1.29 is 38.1 Å². The van der Waals surface area contributed by atoms with Crippen LogP contribution in [0.3, 0.4) is 0 Å². The van der Waals surface area contributed by atoms with Gasteiger partial charge in [-0.1, -0.05) is 15.9 Å². The Kier molecular flexibility index (Phi) is 15.1. The van der Waals surface area contributed by atoms with Crippen molar-refractivity contribution in [1.29, 1.82) is 0 Å². The van der Waals surface area contributed by atoms with Crippen LogP contribution in [-0.4, -0.2) is 62.3 Å². The van der Waals surface area contributed by atoms with Crippen molar-refractivity contribution >= 4 is 68.1 Å². The molecule has 2 rings (SSSR count). The molecule has 10 nitrogen and oxygen atoms in total. The lowest BCUT2D eigenvalue weighted by Crippen LogP contribution is -2.14. The number of ether oxygens (including phenoxy) is 4. The first-order chi connectivity index (χ1) is 15.7. The molecule has 0 N–H and O–H groups in total. The number of esters is 4. The Morgan fingerprint density at radius 2 is 1.12 bits per heavy atom. The summed E-state index contributed by atoms with van der Waals surface area (Å²) in [4.78, 5) is 53.1. The lowest BCUT2D eigenvalue weighted by molar-refractivity contribution is 0.0549. The third-order valence-corrected chi connectivity index (χ3v) is 4.34. The maximum Gasteiger partial charge on any atom is 0.357 e. The summed E-state index contributed by atoms with van der Waals surface area (Å²) in [7, 11) is 4.93. The zero-order valence-corrected chi connectivity index (χ0v) is 23.1. The average Bonchev–Trinajstić information content (AvgIpc) is 2.87. The highest BCUT2D eigenvalue weighted by molar-refractivity contribution is 9.93. The van der Waals surface area contributed by atoms with E-state index in [1.807, 2.05) is 0 Å². The van der Waals surface area contributed by atoms with Gasteiger partial charge >= 0.3 is 23.9 Å². The SMILES string of the molecule is BrBr.COC(=O)c1cc(C)cnc1C(=O)OC.COC(=O)c1cc(CBr)cnc1C(=O)OC. The van der Waals surface area contributed by atoms with E-state index in [4.69, 9.17) is 0 Å². The number of hydrogen-bond acceptors (Lipinski definition) is 10. The Morgan fingerprint density at radius 3 is 1.52 bits per heavy atom. The van der Waals surface area contributed by atoms with Crippen LogP contribution in [0.4, 0.5) is 0 Å². The normalized spacial score (nSPS) is 9.21. The fraction of sp³-hybridized carbons (Fsp3) is 0.300. The van der Waals surface area contributed by atoms with Gasteiger partial charge in [-0.05, 0) is 30.2 Å². The van der Waals surface area contributed by atoms with Gasteiger partial charge in [0, 0.05) is 46.0 Å². The second-order valence-electron chi connectivity index (χ2n) is 5.75. The van der Waals surface area contributed by atoms with Crippen molar-refractivity contribution in [3.63, 3.8) is 0 Å². The van der Waals surface area contributed by atoms with Gasteiger partial charge in [0.05, 0.1) is 39.6 Å². The molecule has 180 valence electrons. The molecular formula is C20H21Br3N2O8. The van der Waals surface area contributed by atoms with Gasteiger partial charge in [-0.25, -0.2) is 29.1 Å². The highest BCUT2D eigenvalue weighted by Gasteiger charge is 2.21. The number of methoxy groups -OCH3 is 4. The Labute approximate surface area is 214 Å². The molecule has 0 aliphatic heterocycles. The number of hydrogen-bond donors (Lipinski definition) is 0. The van der Waals surface area contributed by atoms with E-state index in [0.717, 1.165) is 11.1 Å². The summed E-state index contributed by atoms with van der Waals surface area (Å²) in [5.41, 5.74) is 1.68. The van der Waals surface area contributed by atoms with Crippen LogP contribution in [-0.2, 0) is 24.3 Å². The zero-order chi connectivity index (χ0) is 25.6. The minimum atomic E-state index is -0.665. The summed E-state index contributed by atoms with van der Waals surface area (Å²) < 4.78 is 18.1. The number of pyridine rings is 2. The van der Waals surface area contributed by atoms with Crippen LogP contribution in [0.15, 0.2) is 24.5 Å². The molecule has 0 saturated heterocycles.